The van der Waals surface area contributed by atoms with Gasteiger partial charge >= 0.3 is 45.4 Å². The molecule has 8 heteroatoms. The molecule has 4 nitrogen and oxygen atoms in total. The molecule has 0 aliphatic heterocycles. The molecule has 0 saturated carbocycles. The van der Waals surface area contributed by atoms with E-state index in [9.17, 15) is 9.59 Å². The molecule has 0 unspecified atom stereocenters. The van der Waals surface area contributed by atoms with Gasteiger partial charge in [-0.3, -0.25) is 9.59 Å². The second-order valence-corrected chi connectivity index (χ2v) is 19.4. The quantitative estimate of drug-likeness (QED) is 0.118. The van der Waals surface area contributed by atoms with Gasteiger partial charge in [-0.2, -0.15) is 12.1 Å². The zero-order valence-electron chi connectivity index (χ0n) is 34.9. The van der Waals surface area contributed by atoms with Crippen LogP contribution in [0.25, 0.3) is 43.8 Å². The van der Waals surface area contributed by atoms with Gasteiger partial charge in [-0.1, -0.05) is 141 Å². The van der Waals surface area contributed by atoms with E-state index in [0.29, 0.717) is 12.8 Å². The molecule has 6 aromatic carbocycles. The fourth-order valence-electron chi connectivity index (χ4n) is 6.39. The Kier molecular flexibility index (Phi) is 18.9. The number of hydrogen-bond acceptors (Lipinski definition) is 2. The van der Waals surface area contributed by atoms with E-state index in [2.05, 4.69) is 175 Å². The molecule has 0 saturated heterocycles. The number of carbonyl (C=O) groups is 2. The Morgan fingerprint density at radius 2 is 0.911 bits per heavy atom. The Labute approximate surface area is 355 Å². The van der Waals surface area contributed by atoms with Gasteiger partial charge < -0.3 is 10.5 Å². The average molecular weight is 868 g/mol. The van der Waals surface area contributed by atoms with Crippen LogP contribution in [0.3, 0.4) is 0 Å². The van der Waals surface area contributed by atoms with Crippen molar-refractivity contribution in [2.24, 2.45) is 0 Å². The first kappa shape index (κ1) is 46.9. The molecular weight excluding hydrogens is 809 g/mol. The summed E-state index contributed by atoms with van der Waals surface area (Å²) in [6, 6.07) is 40.3. The fourth-order valence-corrected chi connectivity index (χ4v) is 6.39. The monoisotopic (exact) mass is 865 g/mol. The van der Waals surface area contributed by atoms with Gasteiger partial charge in [0.25, 0.3) is 0 Å². The molecule has 2 N–H and O–H groups in total. The first-order valence-corrected chi connectivity index (χ1v) is 25.9. The van der Waals surface area contributed by atoms with Crippen molar-refractivity contribution in [2.75, 3.05) is 0 Å². The predicted octanol–water partition coefficient (Wildman–Crippen LogP) is 13.1. The van der Waals surface area contributed by atoms with Crippen molar-refractivity contribution in [2.45, 2.75) is 106 Å². The van der Waals surface area contributed by atoms with E-state index in [-0.39, 0.29) is 22.6 Å². The van der Waals surface area contributed by atoms with Gasteiger partial charge in [0.2, 0.25) is 11.8 Å². The molecule has 6 aromatic rings. The molecule has 293 valence electrons. The van der Waals surface area contributed by atoms with E-state index in [0.717, 1.165) is 12.8 Å². The van der Waals surface area contributed by atoms with E-state index < -0.39 is 20.8 Å². The second-order valence-electron chi connectivity index (χ2n) is 15.7. The maximum absolute atomic E-state index is 10.6. The summed E-state index contributed by atoms with van der Waals surface area (Å²) in [6.07, 6.45) is 2.97. The van der Waals surface area contributed by atoms with E-state index in [1.54, 1.807) is 13.8 Å². The summed E-state index contributed by atoms with van der Waals surface area (Å²) in [4.78, 5) is 21.2. The number of aryl methyl sites for hydroxylation is 2. The van der Waals surface area contributed by atoms with Gasteiger partial charge in [0, 0.05) is 12.8 Å². The number of fused-ring (bicyclic) bond motifs is 2. The van der Waals surface area contributed by atoms with Crippen molar-refractivity contribution >= 4 is 57.9 Å². The molecule has 0 aliphatic rings. The summed E-state index contributed by atoms with van der Waals surface area (Å²) >= 11 is -0.826. The Bertz CT molecular complexity index is 2000. The molecule has 6 rings (SSSR count). The number of benzene rings is 4. The summed E-state index contributed by atoms with van der Waals surface area (Å²) in [5.74, 6) is -0.220. The summed E-state index contributed by atoms with van der Waals surface area (Å²) < 4.78 is 0. The molecule has 0 spiro atoms. The van der Waals surface area contributed by atoms with Crippen LogP contribution < -0.4 is 10.5 Å². The van der Waals surface area contributed by atoms with Crippen molar-refractivity contribution in [1.29, 1.82) is 0 Å². The van der Waals surface area contributed by atoms with Gasteiger partial charge in [0.05, 0.1) is 0 Å². The maximum atomic E-state index is 10.6. The third-order valence-corrected chi connectivity index (χ3v) is 9.72. The average Bonchev–Trinajstić information content (AvgIpc) is 3.85. The molecule has 0 atom stereocenters. The molecule has 2 amide bonds. The van der Waals surface area contributed by atoms with E-state index in [4.69, 9.17) is 17.0 Å². The number of hydrogen-bond donors (Lipinski definition) is 2. The van der Waals surface area contributed by atoms with Crippen LogP contribution in [0.4, 0.5) is 0 Å². The molecule has 0 fully saturated rings. The molecular formula is C48H58BCl2N2O2Zr. The van der Waals surface area contributed by atoms with Crippen LogP contribution in [-0.2, 0) is 54.1 Å². The van der Waals surface area contributed by atoms with Crippen molar-refractivity contribution in [3.05, 3.63) is 131 Å². The van der Waals surface area contributed by atoms with Crippen LogP contribution in [0.2, 0.25) is 0 Å². The summed E-state index contributed by atoms with van der Waals surface area (Å²) in [7, 11) is 11.1. The first-order valence-electron chi connectivity index (χ1n) is 19.6. The Balaban J connectivity index is 0.000000228. The zero-order valence-corrected chi connectivity index (χ0v) is 38.8. The van der Waals surface area contributed by atoms with E-state index >= 15 is 0 Å². The van der Waals surface area contributed by atoms with Gasteiger partial charge in [0.1, 0.15) is 0 Å². The summed E-state index contributed by atoms with van der Waals surface area (Å²) in [5, 5.41) is 10.3. The number of rotatable bonds is 8. The fraction of sp³-hybridized carbons (Fsp3) is 0.333. The van der Waals surface area contributed by atoms with Gasteiger partial charge in [0.15, 0.2) is 0 Å². The van der Waals surface area contributed by atoms with Crippen LogP contribution >= 0.6 is 17.0 Å². The van der Waals surface area contributed by atoms with Crippen molar-refractivity contribution in [3.63, 3.8) is 0 Å². The number of amides is 2. The summed E-state index contributed by atoms with van der Waals surface area (Å²) in [5.41, 5.74) is 11.5. The second kappa shape index (κ2) is 22.5. The Hall–Kier alpha value is -3.43. The van der Waals surface area contributed by atoms with E-state index in [1.807, 2.05) is 0 Å². The first-order chi connectivity index (χ1) is 26.6. The van der Waals surface area contributed by atoms with Crippen LogP contribution in [0.1, 0.15) is 104 Å². The van der Waals surface area contributed by atoms with Crippen molar-refractivity contribution in [3.8, 4) is 22.3 Å². The molecule has 0 bridgehead atoms. The van der Waals surface area contributed by atoms with Crippen molar-refractivity contribution < 1.29 is 30.4 Å². The number of nitrogens with one attached hydrogen (secondary N) is 2. The number of halogens is 2. The standard InChI is InChI=1S/2C21H23.C6H12BN2O2.2ClH.Zr/c2*1-5-15-9-6-7-11-18(15)19-12-8-10-16-13-17(14-20(16)19)21(2,3)4;1-3-5(10)8-7-9-6(11)4-2;;;/h2*6-14H,5H2,1-4H3;3-4H2,1-2H3,(H,8,10)(H,9,11);2*1H;/q2*-1;;;;+4/p-2. The van der Waals surface area contributed by atoms with Crippen LogP contribution in [0, 0.1) is 0 Å². The van der Waals surface area contributed by atoms with Gasteiger partial charge in [-0.25, -0.2) is 0 Å². The van der Waals surface area contributed by atoms with Crippen LogP contribution in [-0.4, -0.2) is 19.4 Å². The molecule has 0 aromatic heterocycles. The summed E-state index contributed by atoms with van der Waals surface area (Å²) in [6.45, 7) is 21.6. The predicted molar refractivity (Wildman–Crippen MR) is 240 cm³/mol. The Morgan fingerprint density at radius 1 is 0.571 bits per heavy atom. The topological polar surface area (TPSA) is 58.2 Å². The third kappa shape index (κ3) is 13.3. The van der Waals surface area contributed by atoms with E-state index in [1.165, 1.54) is 73.6 Å². The van der Waals surface area contributed by atoms with Gasteiger partial charge in [-0.15, -0.1) is 69.1 Å². The van der Waals surface area contributed by atoms with Crippen LogP contribution in [0.15, 0.2) is 109 Å². The molecule has 0 aliphatic carbocycles. The zero-order chi connectivity index (χ0) is 41.5. The molecule has 0 heterocycles. The third-order valence-electron chi connectivity index (χ3n) is 9.72. The minimum absolute atomic E-state index is 0.110. The molecule has 56 heavy (non-hydrogen) atoms. The number of carbonyl (C=O) groups excluding carboxylic acids is 2. The van der Waals surface area contributed by atoms with Crippen molar-refractivity contribution in [1.82, 2.24) is 10.5 Å². The minimum atomic E-state index is -0.826. The normalized spacial score (nSPS) is 10.9. The van der Waals surface area contributed by atoms with Crippen LogP contribution in [0.5, 0.6) is 0 Å². The van der Waals surface area contributed by atoms with Gasteiger partial charge in [-0.05, 0) is 45.9 Å². The Morgan fingerprint density at radius 3 is 1.23 bits per heavy atom. The SMILES string of the molecule is CCC(=O)N[B]NC(=O)CC.CCc1ccccc1-c1cccc2[cH-]c(C(C)(C)C)cc12.CCc1ccccc1-c1cccc2[cH-]c(C(C)(C)C)cc12.[Cl][Zr+2][Cl]. The molecule has 1 radical (unpaired) electrons.